The maximum atomic E-state index is 11.8. The molecule has 2 rings (SSSR count). The molecule has 2 atom stereocenters. The Morgan fingerprint density at radius 1 is 1.56 bits per heavy atom. The third kappa shape index (κ3) is 3.15. The molecule has 6 nitrogen and oxygen atoms in total. The van der Waals surface area contributed by atoms with Gasteiger partial charge in [-0.3, -0.25) is 4.79 Å². The Hall–Kier alpha value is -1.26. The fourth-order valence-electron chi connectivity index (χ4n) is 2.99. The monoisotopic (exact) mass is 251 g/mol. The second kappa shape index (κ2) is 6.07. The molecular formula is C12H21N5O. The van der Waals surface area contributed by atoms with E-state index >= 15 is 0 Å². The Labute approximate surface area is 108 Å². The molecule has 2 aliphatic heterocycles. The molecule has 18 heavy (non-hydrogen) atoms. The quantitative estimate of drug-likeness (QED) is 0.423. The van der Waals surface area contributed by atoms with E-state index in [4.69, 9.17) is 5.53 Å². The molecule has 0 radical (unpaired) electrons. The van der Waals surface area contributed by atoms with E-state index in [0.717, 1.165) is 19.5 Å². The maximum Gasteiger partial charge on any atom is 0.222 e. The number of likely N-dealkylation sites (tertiary alicyclic amines) is 2. The van der Waals surface area contributed by atoms with E-state index in [1.807, 2.05) is 4.90 Å². The molecule has 0 aromatic rings. The Morgan fingerprint density at radius 2 is 2.39 bits per heavy atom. The molecular weight excluding hydrogens is 230 g/mol. The van der Waals surface area contributed by atoms with E-state index in [2.05, 4.69) is 22.0 Å². The number of nitrogens with zero attached hydrogens (tertiary/aromatic N) is 5. The van der Waals surface area contributed by atoms with Gasteiger partial charge in [-0.15, -0.1) is 0 Å². The zero-order valence-corrected chi connectivity index (χ0v) is 11.0. The topological polar surface area (TPSA) is 72.3 Å². The van der Waals surface area contributed by atoms with Crippen LogP contribution in [0, 0.1) is 5.92 Å². The first-order valence-electron chi connectivity index (χ1n) is 6.69. The number of rotatable bonds is 5. The minimum absolute atomic E-state index is 0.216. The summed E-state index contributed by atoms with van der Waals surface area (Å²) in [6, 6.07) is 0.633. The summed E-state index contributed by atoms with van der Waals surface area (Å²) >= 11 is 0. The SMILES string of the molecule is CN1CCCC1CCN1CC(CN=[N+]=[N-])CC1=O. The van der Waals surface area contributed by atoms with E-state index in [0.29, 0.717) is 19.0 Å². The van der Waals surface area contributed by atoms with E-state index < -0.39 is 0 Å². The zero-order chi connectivity index (χ0) is 13.0. The van der Waals surface area contributed by atoms with Crippen molar-refractivity contribution >= 4 is 5.91 Å². The number of hydrogen-bond donors (Lipinski definition) is 0. The zero-order valence-electron chi connectivity index (χ0n) is 11.0. The minimum atomic E-state index is 0.216. The van der Waals surface area contributed by atoms with Crippen LogP contribution < -0.4 is 0 Å². The van der Waals surface area contributed by atoms with Crippen LogP contribution in [-0.2, 0) is 4.79 Å². The van der Waals surface area contributed by atoms with Crippen LogP contribution in [0.4, 0.5) is 0 Å². The van der Waals surface area contributed by atoms with Crippen molar-refractivity contribution < 1.29 is 4.79 Å². The molecule has 0 saturated carbocycles. The normalized spacial score (nSPS) is 28.7. The number of carbonyl (C=O) groups is 1. The van der Waals surface area contributed by atoms with Crippen LogP contribution in [0.2, 0.25) is 0 Å². The van der Waals surface area contributed by atoms with E-state index in [1.54, 1.807) is 0 Å². The third-order valence-electron chi connectivity index (χ3n) is 4.10. The summed E-state index contributed by atoms with van der Waals surface area (Å²) in [6.07, 6.45) is 4.13. The highest BCUT2D eigenvalue weighted by molar-refractivity contribution is 5.78. The smallest absolute Gasteiger partial charge is 0.222 e. The van der Waals surface area contributed by atoms with Crippen LogP contribution in [0.5, 0.6) is 0 Å². The van der Waals surface area contributed by atoms with Gasteiger partial charge in [0, 0.05) is 37.0 Å². The van der Waals surface area contributed by atoms with Crippen molar-refractivity contribution in [3.8, 4) is 0 Å². The Kier molecular flexibility index (Phi) is 4.44. The van der Waals surface area contributed by atoms with Gasteiger partial charge in [-0.25, -0.2) is 0 Å². The lowest BCUT2D eigenvalue weighted by atomic mass is 10.1. The van der Waals surface area contributed by atoms with Crippen molar-refractivity contribution in [1.82, 2.24) is 9.80 Å². The van der Waals surface area contributed by atoms with E-state index in [9.17, 15) is 4.79 Å². The van der Waals surface area contributed by atoms with Gasteiger partial charge in [0.1, 0.15) is 0 Å². The summed E-state index contributed by atoms with van der Waals surface area (Å²) in [6.45, 7) is 3.23. The van der Waals surface area contributed by atoms with Crippen molar-refractivity contribution in [2.45, 2.75) is 31.7 Å². The summed E-state index contributed by atoms with van der Waals surface area (Å²) in [5.41, 5.74) is 8.29. The molecule has 0 aromatic carbocycles. The molecule has 0 aliphatic carbocycles. The van der Waals surface area contributed by atoms with Gasteiger partial charge >= 0.3 is 0 Å². The van der Waals surface area contributed by atoms with E-state index in [1.165, 1.54) is 19.4 Å². The molecule has 2 unspecified atom stereocenters. The van der Waals surface area contributed by atoms with Crippen molar-refractivity contribution in [3.63, 3.8) is 0 Å². The summed E-state index contributed by atoms with van der Waals surface area (Å²) in [4.78, 5) is 18.9. The number of hydrogen-bond acceptors (Lipinski definition) is 3. The lowest BCUT2D eigenvalue weighted by Gasteiger charge is -2.23. The third-order valence-corrected chi connectivity index (χ3v) is 4.10. The molecule has 2 fully saturated rings. The molecule has 100 valence electrons. The molecule has 2 saturated heterocycles. The van der Waals surface area contributed by atoms with Gasteiger partial charge in [-0.1, -0.05) is 5.11 Å². The predicted molar refractivity (Wildman–Crippen MR) is 69.0 cm³/mol. The van der Waals surface area contributed by atoms with Crippen LogP contribution >= 0.6 is 0 Å². The standard InChI is InChI=1S/C12H21N5O/c1-16-5-2-3-11(16)4-6-17-9-10(7-12(17)18)8-14-15-13/h10-11H,2-9H2,1H3. The first-order valence-corrected chi connectivity index (χ1v) is 6.69. The van der Waals surface area contributed by atoms with Crippen LogP contribution in [0.1, 0.15) is 25.7 Å². The molecule has 0 bridgehead atoms. The van der Waals surface area contributed by atoms with Gasteiger partial charge in [0.2, 0.25) is 5.91 Å². The molecule has 0 aromatic heterocycles. The fourth-order valence-corrected chi connectivity index (χ4v) is 2.99. The highest BCUT2D eigenvalue weighted by Gasteiger charge is 2.30. The Balaban J connectivity index is 1.76. The fraction of sp³-hybridized carbons (Fsp3) is 0.917. The first kappa shape index (κ1) is 13.2. The molecule has 6 heteroatoms. The Morgan fingerprint density at radius 3 is 3.06 bits per heavy atom. The highest BCUT2D eigenvalue weighted by atomic mass is 16.2. The molecule has 0 N–H and O–H groups in total. The number of amides is 1. The van der Waals surface area contributed by atoms with Crippen LogP contribution in [-0.4, -0.2) is 55.0 Å². The van der Waals surface area contributed by atoms with Gasteiger partial charge in [0.15, 0.2) is 0 Å². The van der Waals surface area contributed by atoms with Crippen molar-refractivity contribution in [3.05, 3.63) is 10.4 Å². The average molecular weight is 251 g/mol. The van der Waals surface area contributed by atoms with Gasteiger partial charge in [-0.05, 0) is 44.3 Å². The number of carbonyl (C=O) groups excluding carboxylic acids is 1. The van der Waals surface area contributed by atoms with Crippen LogP contribution in [0.25, 0.3) is 10.4 Å². The molecule has 1 amide bonds. The van der Waals surface area contributed by atoms with Gasteiger partial charge in [0.25, 0.3) is 0 Å². The van der Waals surface area contributed by atoms with Crippen molar-refractivity contribution in [2.24, 2.45) is 11.0 Å². The van der Waals surface area contributed by atoms with Crippen LogP contribution in [0.3, 0.4) is 0 Å². The van der Waals surface area contributed by atoms with Crippen molar-refractivity contribution in [1.29, 1.82) is 0 Å². The molecule has 0 spiro atoms. The average Bonchev–Trinajstić information content (AvgIpc) is 2.91. The summed E-state index contributed by atoms with van der Waals surface area (Å²) in [5, 5.41) is 3.57. The summed E-state index contributed by atoms with van der Waals surface area (Å²) in [5.74, 6) is 0.434. The largest absolute Gasteiger partial charge is 0.342 e. The maximum absolute atomic E-state index is 11.8. The lowest BCUT2D eigenvalue weighted by Crippen LogP contribution is -2.33. The summed E-state index contributed by atoms with van der Waals surface area (Å²) in [7, 11) is 2.16. The lowest BCUT2D eigenvalue weighted by molar-refractivity contribution is -0.127. The van der Waals surface area contributed by atoms with Crippen LogP contribution in [0.15, 0.2) is 5.11 Å². The highest BCUT2D eigenvalue weighted by Crippen LogP contribution is 2.22. The second-order valence-electron chi connectivity index (χ2n) is 5.39. The molecule has 2 heterocycles. The number of azide groups is 1. The predicted octanol–water partition coefficient (Wildman–Crippen LogP) is 1.63. The van der Waals surface area contributed by atoms with Crippen molar-refractivity contribution in [2.75, 3.05) is 33.2 Å². The van der Waals surface area contributed by atoms with Gasteiger partial charge in [0.05, 0.1) is 0 Å². The van der Waals surface area contributed by atoms with Gasteiger partial charge in [-0.2, -0.15) is 0 Å². The minimum Gasteiger partial charge on any atom is -0.342 e. The Bertz CT molecular complexity index is 352. The first-order chi connectivity index (χ1) is 8.70. The second-order valence-corrected chi connectivity index (χ2v) is 5.39. The van der Waals surface area contributed by atoms with E-state index in [-0.39, 0.29) is 11.8 Å². The molecule has 2 aliphatic rings. The summed E-state index contributed by atoms with van der Waals surface area (Å²) < 4.78 is 0. The van der Waals surface area contributed by atoms with Gasteiger partial charge < -0.3 is 9.80 Å².